The molecule has 0 amide bonds. The summed E-state index contributed by atoms with van der Waals surface area (Å²) in [6.07, 6.45) is 1.99. The minimum atomic E-state index is -0.128. The largest absolute Gasteiger partial charge is 0.377 e. The normalized spacial score (nSPS) is 13.2. The Morgan fingerprint density at radius 1 is 1.50 bits per heavy atom. The van der Waals surface area contributed by atoms with Crippen LogP contribution in [0.15, 0.2) is 18.3 Å². The fourth-order valence-electron chi connectivity index (χ4n) is 1.14. The van der Waals surface area contributed by atoms with Crippen LogP contribution >= 0.6 is 0 Å². The van der Waals surface area contributed by atoms with E-state index < -0.39 is 0 Å². The molecule has 1 aromatic rings. The molecule has 0 spiro atoms. The van der Waals surface area contributed by atoms with Crippen LogP contribution in [0.3, 0.4) is 0 Å². The summed E-state index contributed by atoms with van der Waals surface area (Å²) >= 11 is 0. The van der Waals surface area contributed by atoms with Gasteiger partial charge in [-0.2, -0.15) is 0 Å². The first-order valence-corrected chi connectivity index (χ1v) is 4.89. The van der Waals surface area contributed by atoms with E-state index in [1.54, 1.807) is 6.20 Å². The highest BCUT2D eigenvalue weighted by Gasteiger charge is 2.08. The number of hydrogen-bond donors (Lipinski definition) is 1. The molecule has 3 heteroatoms. The zero-order valence-electron chi connectivity index (χ0n) is 9.03. The van der Waals surface area contributed by atoms with Crippen LogP contribution in [-0.2, 0) is 4.74 Å². The van der Waals surface area contributed by atoms with E-state index >= 15 is 0 Å². The van der Waals surface area contributed by atoms with Gasteiger partial charge in [-0.3, -0.25) is 4.98 Å². The molecule has 0 aliphatic carbocycles. The molecule has 1 heterocycles. The molecule has 0 aliphatic rings. The van der Waals surface area contributed by atoms with Crippen molar-refractivity contribution >= 4 is 0 Å². The predicted octanol–water partition coefficient (Wildman–Crippen LogP) is 1.81. The fraction of sp³-hybridized carbons (Fsp3) is 0.545. The maximum atomic E-state index is 5.92. The Labute approximate surface area is 85.3 Å². The second-order valence-electron chi connectivity index (χ2n) is 3.75. The van der Waals surface area contributed by atoms with Crippen molar-refractivity contribution in [2.75, 3.05) is 6.61 Å². The molecular formula is C11H18N2O. The number of nitrogens with two attached hydrogens (primary N) is 1. The van der Waals surface area contributed by atoms with Crippen molar-refractivity contribution < 1.29 is 4.74 Å². The Bertz CT molecular complexity index is 286. The molecule has 0 bridgehead atoms. The van der Waals surface area contributed by atoms with Gasteiger partial charge in [0.05, 0.1) is 24.4 Å². The number of aryl methyl sites for hydroxylation is 1. The summed E-state index contributed by atoms with van der Waals surface area (Å²) in [5.74, 6) is 0. The van der Waals surface area contributed by atoms with Gasteiger partial charge in [0.25, 0.3) is 0 Å². The lowest BCUT2D eigenvalue weighted by Crippen LogP contribution is -2.20. The average molecular weight is 194 g/mol. The highest BCUT2D eigenvalue weighted by Crippen LogP contribution is 2.09. The van der Waals surface area contributed by atoms with Crippen LogP contribution in [0, 0.1) is 6.92 Å². The molecule has 14 heavy (non-hydrogen) atoms. The minimum absolute atomic E-state index is 0.128. The van der Waals surface area contributed by atoms with Gasteiger partial charge in [-0.15, -0.1) is 0 Å². The van der Waals surface area contributed by atoms with E-state index in [9.17, 15) is 0 Å². The smallest absolute Gasteiger partial charge is 0.0707 e. The number of ether oxygens (including phenoxy) is 1. The summed E-state index contributed by atoms with van der Waals surface area (Å²) in [5, 5.41) is 0. The first-order chi connectivity index (χ1) is 6.59. The molecule has 3 nitrogen and oxygen atoms in total. The summed E-state index contributed by atoms with van der Waals surface area (Å²) in [4.78, 5) is 4.21. The van der Waals surface area contributed by atoms with E-state index in [1.807, 2.05) is 32.9 Å². The van der Waals surface area contributed by atoms with E-state index in [4.69, 9.17) is 10.5 Å². The minimum Gasteiger partial charge on any atom is -0.377 e. The predicted molar refractivity (Wildman–Crippen MR) is 57.0 cm³/mol. The Kier molecular flexibility index (Phi) is 4.04. The maximum Gasteiger partial charge on any atom is 0.0707 e. The van der Waals surface area contributed by atoms with E-state index in [2.05, 4.69) is 4.98 Å². The summed E-state index contributed by atoms with van der Waals surface area (Å²) in [7, 11) is 0. The summed E-state index contributed by atoms with van der Waals surface area (Å²) in [5.41, 5.74) is 7.99. The molecule has 2 N–H and O–H groups in total. The molecule has 1 aromatic heterocycles. The molecule has 0 fully saturated rings. The third-order valence-corrected chi connectivity index (χ3v) is 1.93. The first kappa shape index (κ1) is 11.1. The van der Waals surface area contributed by atoms with Gasteiger partial charge in [-0.25, -0.2) is 0 Å². The lowest BCUT2D eigenvalue weighted by Gasteiger charge is -2.14. The van der Waals surface area contributed by atoms with Gasteiger partial charge in [0.15, 0.2) is 0 Å². The van der Waals surface area contributed by atoms with Crippen LogP contribution in [-0.4, -0.2) is 17.7 Å². The third kappa shape index (κ3) is 3.44. The van der Waals surface area contributed by atoms with Crippen LogP contribution < -0.4 is 5.73 Å². The van der Waals surface area contributed by atoms with Gasteiger partial charge in [0.1, 0.15) is 0 Å². The number of rotatable bonds is 4. The van der Waals surface area contributed by atoms with Gasteiger partial charge < -0.3 is 10.5 Å². The molecular weight excluding hydrogens is 176 g/mol. The Morgan fingerprint density at radius 3 is 2.79 bits per heavy atom. The molecule has 1 rings (SSSR count). The molecule has 1 atom stereocenters. The van der Waals surface area contributed by atoms with Crippen molar-refractivity contribution in [3.63, 3.8) is 0 Å². The van der Waals surface area contributed by atoms with Gasteiger partial charge in [-0.05, 0) is 38.5 Å². The molecule has 0 saturated carbocycles. The molecule has 78 valence electrons. The van der Waals surface area contributed by atoms with E-state index in [-0.39, 0.29) is 12.1 Å². The number of hydrogen-bond acceptors (Lipinski definition) is 3. The van der Waals surface area contributed by atoms with Crippen molar-refractivity contribution in [2.24, 2.45) is 5.73 Å². The van der Waals surface area contributed by atoms with Gasteiger partial charge in [-0.1, -0.05) is 0 Å². The van der Waals surface area contributed by atoms with Crippen LogP contribution in [0.5, 0.6) is 0 Å². The summed E-state index contributed by atoms with van der Waals surface area (Å²) in [6.45, 7) is 6.54. The Morgan fingerprint density at radius 2 is 2.21 bits per heavy atom. The molecule has 0 aromatic carbocycles. The highest BCUT2D eigenvalue weighted by atomic mass is 16.5. The zero-order chi connectivity index (χ0) is 10.6. The van der Waals surface area contributed by atoms with Crippen molar-refractivity contribution in [1.82, 2.24) is 4.98 Å². The quantitative estimate of drug-likeness (QED) is 0.795. The average Bonchev–Trinajstić information content (AvgIpc) is 2.14. The van der Waals surface area contributed by atoms with Crippen molar-refractivity contribution in [2.45, 2.75) is 32.9 Å². The first-order valence-electron chi connectivity index (χ1n) is 4.89. The van der Waals surface area contributed by atoms with Gasteiger partial charge in [0, 0.05) is 6.20 Å². The zero-order valence-corrected chi connectivity index (χ0v) is 9.03. The third-order valence-electron chi connectivity index (χ3n) is 1.93. The standard InChI is InChI=1S/C11H18N2O/c1-8(2)14-7-10(12)11-6-9(3)4-5-13-11/h4-6,8,10H,7,12H2,1-3H3. The SMILES string of the molecule is Cc1ccnc(C(N)COC(C)C)c1. The van der Waals surface area contributed by atoms with Crippen LogP contribution in [0.25, 0.3) is 0 Å². The second kappa shape index (κ2) is 5.08. The van der Waals surface area contributed by atoms with Crippen molar-refractivity contribution in [3.8, 4) is 0 Å². The number of nitrogens with zero attached hydrogens (tertiary/aromatic N) is 1. The monoisotopic (exact) mass is 194 g/mol. The second-order valence-corrected chi connectivity index (χ2v) is 3.75. The molecule has 0 aliphatic heterocycles. The number of aromatic nitrogens is 1. The maximum absolute atomic E-state index is 5.92. The van der Waals surface area contributed by atoms with E-state index in [0.717, 1.165) is 5.69 Å². The van der Waals surface area contributed by atoms with Crippen molar-refractivity contribution in [1.29, 1.82) is 0 Å². The lowest BCUT2D eigenvalue weighted by molar-refractivity contribution is 0.0676. The Balaban J connectivity index is 2.56. The molecule has 0 radical (unpaired) electrons. The summed E-state index contributed by atoms with van der Waals surface area (Å²) in [6, 6.07) is 3.82. The lowest BCUT2D eigenvalue weighted by atomic mass is 10.1. The van der Waals surface area contributed by atoms with Crippen LogP contribution in [0.4, 0.5) is 0 Å². The van der Waals surface area contributed by atoms with Gasteiger partial charge in [0.2, 0.25) is 0 Å². The van der Waals surface area contributed by atoms with E-state index in [1.165, 1.54) is 5.56 Å². The number of pyridine rings is 1. The molecule has 0 saturated heterocycles. The van der Waals surface area contributed by atoms with Crippen LogP contribution in [0.2, 0.25) is 0 Å². The van der Waals surface area contributed by atoms with Crippen molar-refractivity contribution in [3.05, 3.63) is 29.6 Å². The van der Waals surface area contributed by atoms with E-state index in [0.29, 0.717) is 6.61 Å². The topological polar surface area (TPSA) is 48.1 Å². The Hall–Kier alpha value is -0.930. The molecule has 1 unspecified atom stereocenters. The highest BCUT2D eigenvalue weighted by molar-refractivity contribution is 5.16. The van der Waals surface area contributed by atoms with Gasteiger partial charge >= 0.3 is 0 Å². The summed E-state index contributed by atoms with van der Waals surface area (Å²) < 4.78 is 5.43. The fourth-order valence-corrected chi connectivity index (χ4v) is 1.14. The van der Waals surface area contributed by atoms with Crippen LogP contribution in [0.1, 0.15) is 31.1 Å².